The molecule has 20 heavy (non-hydrogen) atoms. The Bertz CT molecular complexity index is 570. The third kappa shape index (κ3) is 2.13. The van der Waals surface area contributed by atoms with Crippen molar-refractivity contribution in [2.24, 2.45) is 5.92 Å². The maximum Gasteiger partial charge on any atom is 0.336 e. The number of carboxylic acids is 1. The van der Waals surface area contributed by atoms with Crippen molar-refractivity contribution in [2.45, 2.75) is 32.2 Å². The van der Waals surface area contributed by atoms with E-state index in [1.807, 2.05) is 4.90 Å². The molecule has 2 unspecified atom stereocenters. The zero-order valence-electron chi connectivity index (χ0n) is 11.4. The van der Waals surface area contributed by atoms with Crippen LogP contribution < -0.4 is 5.32 Å². The van der Waals surface area contributed by atoms with Gasteiger partial charge in [0.25, 0.3) is 0 Å². The molecule has 0 spiro atoms. The number of carbonyl (C=O) groups excluding carboxylic acids is 1. The highest BCUT2D eigenvalue weighted by atomic mass is 16.4. The molecule has 1 saturated heterocycles. The number of rotatable bonds is 2. The molecule has 2 N–H and O–H groups in total. The van der Waals surface area contributed by atoms with E-state index in [0.29, 0.717) is 23.2 Å². The molecule has 0 radical (unpaired) electrons. The fraction of sp³-hybridized carbons (Fsp3) is 0.467. The maximum absolute atomic E-state index is 12.3. The quantitative estimate of drug-likeness (QED) is 0.871. The summed E-state index contributed by atoms with van der Waals surface area (Å²) in [4.78, 5) is 25.3. The average molecular weight is 274 g/mol. The zero-order chi connectivity index (χ0) is 14.3. The molecule has 2 atom stereocenters. The first-order valence-corrected chi connectivity index (χ1v) is 6.97. The monoisotopic (exact) mass is 274 g/mol. The second kappa shape index (κ2) is 4.81. The number of carbonyl (C=O) groups is 2. The molecule has 1 aromatic carbocycles. The summed E-state index contributed by atoms with van der Waals surface area (Å²) >= 11 is 0. The standard InChI is InChI=1S/C15H18N2O3/c1-9-12(14(18)19)3-2-4-13(9)16-15(20)17-8-10-5-6-11(17)7-10/h2-4,10-11H,5-8H2,1H3,(H,16,20)(H,18,19). The van der Waals surface area contributed by atoms with Gasteiger partial charge in [0.1, 0.15) is 0 Å². The molecule has 0 aromatic heterocycles. The van der Waals surface area contributed by atoms with E-state index in [2.05, 4.69) is 5.32 Å². The fourth-order valence-corrected chi connectivity index (χ4v) is 3.36. The van der Waals surface area contributed by atoms with Crippen molar-refractivity contribution in [2.75, 3.05) is 11.9 Å². The lowest BCUT2D eigenvalue weighted by molar-refractivity contribution is 0.0696. The van der Waals surface area contributed by atoms with E-state index in [1.165, 1.54) is 6.42 Å². The first-order chi connectivity index (χ1) is 9.56. The Labute approximate surface area is 117 Å². The summed E-state index contributed by atoms with van der Waals surface area (Å²) in [5.41, 5.74) is 1.40. The Hall–Kier alpha value is -2.04. The fourth-order valence-electron chi connectivity index (χ4n) is 3.36. The number of nitrogens with zero attached hydrogens (tertiary/aromatic N) is 1. The Morgan fingerprint density at radius 3 is 2.75 bits per heavy atom. The first kappa shape index (κ1) is 13.0. The van der Waals surface area contributed by atoms with Crippen molar-refractivity contribution in [3.8, 4) is 0 Å². The van der Waals surface area contributed by atoms with Crippen LogP contribution in [-0.4, -0.2) is 34.6 Å². The van der Waals surface area contributed by atoms with E-state index >= 15 is 0 Å². The Morgan fingerprint density at radius 2 is 2.15 bits per heavy atom. The Balaban J connectivity index is 1.76. The minimum absolute atomic E-state index is 0.108. The van der Waals surface area contributed by atoms with Crippen molar-refractivity contribution in [1.82, 2.24) is 4.90 Å². The highest BCUT2D eigenvalue weighted by Crippen LogP contribution is 2.37. The number of piperidine rings is 1. The molecule has 5 heteroatoms. The molecule has 1 aliphatic carbocycles. The van der Waals surface area contributed by atoms with Gasteiger partial charge in [-0.15, -0.1) is 0 Å². The van der Waals surface area contributed by atoms with Crippen LogP contribution in [0.2, 0.25) is 0 Å². The number of benzene rings is 1. The maximum atomic E-state index is 12.3. The molecule has 2 bridgehead atoms. The van der Waals surface area contributed by atoms with Gasteiger partial charge in [0.2, 0.25) is 0 Å². The van der Waals surface area contributed by atoms with Crippen LogP contribution in [0.15, 0.2) is 18.2 Å². The van der Waals surface area contributed by atoms with Gasteiger partial charge in [-0.1, -0.05) is 6.07 Å². The highest BCUT2D eigenvalue weighted by molar-refractivity contribution is 5.95. The Morgan fingerprint density at radius 1 is 1.35 bits per heavy atom. The van der Waals surface area contributed by atoms with Crippen molar-refractivity contribution in [1.29, 1.82) is 0 Å². The predicted octanol–water partition coefficient (Wildman–Crippen LogP) is 2.71. The van der Waals surface area contributed by atoms with Crippen LogP contribution in [0.25, 0.3) is 0 Å². The third-order valence-corrected chi connectivity index (χ3v) is 4.48. The number of hydrogen-bond donors (Lipinski definition) is 2. The molecule has 106 valence electrons. The summed E-state index contributed by atoms with van der Waals surface area (Å²) in [7, 11) is 0. The number of likely N-dealkylation sites (tertiary alicyclic amines) is 1. The highest BCUT2D eigenvalue weighted by Gasteiger charge is 2.40. The normalized spacial score (nSPS) is 23.9. The molecule has 2 aliphatic rings. The lowest BCUT2D eigenvalue weighted by Crippen LogP contribution is -2.40. The van der Waals surface area contributed by atoms with Gasteiger partial charge in [-0.25, -0.2) is 9.59 Å². The third-order valence-electron chi connectivity index (χ3n) is 4.48. The van der Waals surface area contributed by atoms with E-state index in [1.54, 1.807) is 25.1 Å². The lowest BCUT2D eigenvalue weighted by Gasteiger charge is -2.27. The van der Waals surface area contributed by atoms with Gasteiger partial charge in [-0.3, -0.25) is 0 Å². The van der Waals surface area contributed by atoms with Crippen molar-refractivity contribution in [3.05, 3.63) is 29.3 Å². The number of aromatic carboxylic acids is 1. The van der Waals surface area contributed by atoms with Crippen LogP contribution in [-0.2, 0) is 0 Å². The van der Waals surface area contributed by atoms with Gasteiger partial charge in [0.05, 0.1) is 5.56 Å². The molecule has 1 saturated carbocycles. The van der Waals surface area contributed by atoms with Gasteiger partial charge >= 0.3 is 12.0 Å². The van der Waals surface area contributed by atoms with E-state index < -0.39 is 5.97 Å². The minimum atomic E-state index is -0.973. The molecule has 1 aliphatic heterocycles. The molecular formula is C15H18N2O3. The van der Waals surface area contributed by atoms with Gasteiger partial charge in [-0.2, -0.15) is 0 Å². The average Bonchev–Trinajstić information content (AvgIpc) is 3.03. The lowest BCUT2D eigenvalue weighted by atomic mass is 10.1. The largest absolute Gasteiger partial charge is 0.478 e. The number of fused-ring (bicyclic) bond motifs is 2. The summed E-state index contributed by atoms with van der Waals surface area (Å²) in [6.45, 7) is 2.55. The van der Waals surface area contributed by atoms with E-state index in [-0.39, 0.29) is 11.6 Å². The van der Waals surface area contributed by atoms with Crippen LogP contribution in [0.3, 0.4) is 0 Å². The molecular weight excluding hydrogens is 256 g/mol. The van der Waals surface area contributed by atoms with Crippen LogP contribution in [0.4, 0.5) is 10.5 Å². The van der Waals surface area contributed by atoms with Gasteiger partial charge in [0, 0.05) is 18.3 Å². The zero-order valence-corrected chi connectivity index (χ0v) is 11.4. The molecule has 3 rings (SSSR count). The number of carboxylic acid groups (broad SMARTS) is 1. The number of amides is 2. The number of urea groups is 1. The van der Waals surface area contributed by atoms with Crippen LogP contribution in [0.5, 0.6) is 0 Å². The van der Waals surface area contributed by atoms with Crippen LogP contribution >= 0.6 is 0 Å². The number of nitrogens with one attached hydrogen (secondary N) is 1. The summed E-state index contributed by atoms with van der Waals surface area (Å²) in [5.74, 6) is -0.323. The van der Waals surface area contributed by atoms with Crippen molar-refractivity contribution >= 4 is 17.7 Å². The van der Waals surface area contributed by atoms with E-state index in [9.17, 15) is 9.59 Å². The SMILES string of the molecule is Cc1c(NC(=O)N2CC3CCC2C3)cccc1C(=O)O. The summed E-state index contributed by atoms with van der Waals surface area (Å²) < 4.78 is 0. The second-order valence-corrected chi connectivity index (χ2v) is 5.70. The first-order valence-electron chi connectivity index (χ1n) is 6.97. The van der Waals surface area contributed by atoms with Gasteiger partial charge < -0.3 is 15.3 Å². The summed E-state index contributed by atoms with van der Waals surface area (Å²) in [6.07, 6.45) is 3.43. The molecule has 2 amide bonds. The summed E-state index contributed by atoms with van der Waals surface area (Å²) in [6, 6.07) is 5.20. The molecule has 1 heterocycles. The Kier molecular flexibility index (Phi) is 3.12. The van der Waals surface area contributed by atoms with Crippen LogP contribution in [0.1, 0.15) is 35.2 Å². The van der Waals surface area contributed by atoms with Crippen molar-refractivity contribution < 1.29 is 14.7 Å². The number of anilines is 1. The predicted molar refractivity (Wildman–Crippen MR) is 75.0 cm³/mol. The minimum Gasteiger partial charge on any atom is -0.478 e. The van der Waals surface area contributed by atoms with Gasteiger partial charge in [0.15, 0.2) is 0 Å². The molecule has 2 fully saturated rings. The van der Waals surface area contributed by atoms with Gasteiger partial charge in [-0.05, 0) is 49.8 Å². The summed E-state index contributed by atoms with van der Waals surface area (Å²) in [5, 5.41) is 12.0. The smallest absolute Gasteiger partial charge is 0.336 e. The van der Waals surface area contributed by atoms with Crippen LogP contribution in [0, 0.1) is 12.8 Å². The number of hydrogen-bond acceptors (Lipinski definition) is 2. The topological polar surface area (TPSA) is 69.6 Å². The second-order valence-electron chi connectivity index (χ2n) is 5.70. The van der Waals surface area contributed by atoms with Crippen molar-refractivity contribution in [3.63, 3.8) is 0 Å². The van der Waals surface area contributed by atoms with E-state index in [4.69, 9.17) is 5.11 Å². The van der Waals surface area contributed by atoms with E-state index in [0.717, 1.165) is 19.4 Å². The molecule has 5 nitrogen and oxygen atoms in total. The molecule has 1 aromatic rings.